The lowest BCUT2D eigenvalue weighted by molar-refractivity contribution is 0.0541. The van der Waals surface area contributed by atoms with Crippen LogP contribution in [-0.4, -0.2) is 12.6 Å². The second-order valence-electron chi connectivity index (χ2n) is 3.13. The Balaban J connectivity index is 2.86. The second-order valence-corrected chi connectivity index (χ2v) is 3.94. The number of carbonyl (C=O) groups excluding carboxylic acids is 1. The van der Waals surface area contributed by atoms with Gasteiger partial charge in [-0.15, -0.1) is 0 Å². The van der Waals surface area contributed by atoms with Gasteiger partial charge in [-0.3, -0.25) is 0 Å². The fourth-order valence-corrected chi connectivity index (χ4v) is 1.51. The monoisotopic (exact) mass is 244 g/mol. The van der Waals surface area contributed by atoms with Gasteiger partial charge < -0.3 is 4.74 Å². The number of esters is 1. The van der Waals surface area contributed by atoms with Gasteiger partial charge in [0.25, 0.3) is 0 Å². The molecule has 0 aliphatic carbocycles. The fraction of sp³-hybridized carbons (Fsp3) is 0.182. The highest BCUT2D eigenvalue weighted by Crippen LogP contribution is 2.24. The highest BCUT2D eigenvalue weighted by Gasteiger charge is 2.15. The Labute approximate surface area is 98.4 Å². The third kappa shape index (κ3) is 3.26. The van der Waals surface area contributed by atoms with E-state index in [1.807, 2.05) is 0 Å². The number of carbonyl (C=O) groups is 1. The first-order valence-electron chi connectivity index (χ1n) is 4.28. The van der Waals surface area contributed by atoms with Crippen molar-refractivity contribution >= 4 is 29.2 Å². The van der Waals surface area contributed by atoms with Crippen LogP contribution < -0.4 is 0 Å². The minimum atomic E-state index is -0.534. The Morgan fingerprint density at radius 1 is 1.40 bits per heavy atom. The standard InChI is InChI=1S/C11H10Cl2O2/c1-7(2)6-15-11(14)10-8(12)4-3-5-9(10)13/h3-5H,1,6H2,2H3. The Hall–Kier alpha value is -0.990. The number of benzene rings is 1. The molecule has 80 valence electrons. The highest BCUT2D eigenvalue weighted by molar-refractivity contribution is 6.39. The predicted molar refractivity (Wildman–Crippen MR) is 61.6 cm³/mol. The Bertz CT molecular complexity index is 379. The fourth-order valence-electron chi connectivity index (χ4n) is 0.954. The molecule has 0 amide bonds. The first-order chi connectivity index (χ1) is 7.02. The van der Waals surface area contributed by atoms with Crippen LogP contribution in [0.3, 0.4) is 0 Å². The van der Waals surface area contributed by atoms with Crippen molar-refractivity contribution in [1.82, 2.24) is 0 Å². The molecule has 0 radical (unpaired) electrons. The van der Waals surface area contributed by atoms with Crippen LogP contribution in [0.2, 0.25) is 10.0 Å². The van der Waals surface area contributed by atoms with Crippen molar-refractivity contribution in [1.29, 1.82) is 0 Å². The summed E-state index contributed by atoms with van der Waals surface area (Å²) in [6.07, 6.45) is 0. The molecule has 0 atom stereocenters. The van der Waals surface area contributed by atoms with E-state index in [0.717, 1.165) is 5.57 Å². The molecule has 15 heavy (non-hydrogen) atoms. The summed E-state index contributed by atoms with van der Waals surface area (Å²) in [6, 6.07) is 4.84. The molecule has 0 heterocycles. The van der Waals surface area contributed by atoms with E-state index in [2.05, 4.69) is 6.58 Å². The Morgan fingerprint density at radius 2 is 1.93 bits per heavy atom. The molecule has 2 nitrogen and oxygen atoms in total. The van der Waals surface area contributed by atoms with Crippen LogP contribution >= 0.6 is 23.2 Å². The summed E-state index contributed by atoms with van der Waals surface area (Å²) in [4.78, 5) is 11.6. The molecule has 1 aromatic carbocycles. The molecule has 0 aliphatic rings. The number of rotatable bonds is 3. The highest BCUT2D eigenvalue weighted by atomic mass is 35.5. The normalized spacial score (nSPS) is 9.80. The van der Waals surface area contributed by atoms with Gasteiger partial charge in [-0.25, -0.2) is 4.79 Å². The largest absolute Gasteiger partial charge is 0.458 e. The van der Waals surface area contributed by atoms with Gasteiger partial charge >= 0.3 is 5.97 Å². The average Bonchev–Trinajstić information content (AvgIpc) is 2.14. The maximum atomic E-state index is 11.6. The lowest BCUT2D eigenvalue weighted by atomic mass is 10.2. The van der Waals surface area contributed by atoms with Crippen molar-refractivity contribution < 1.29 is 9.53 Å². The molecule has 0 fully saturated rings. The van der Waals surface area contributed by atoms with E-state index < -0.39 is 5.97 Å². The molecule has 0 spiro atoms. The lowest BCUT2D eigenvalue weighted by Gasteiger charge is -2.07. The summed E-state index contributed by atoms with van der Waals surface area (Å²) in [5.41, 5.74) is 0.952. The molecule has 0 bridgehead atoms. The van der Waals surface area contributed by atoms with E-state index >= 15 is 0 Å². The van der Waals surface area contributed by atoms with E-state index in [1.165, 1.54) is 0 Å². The van der Waals surface area contributed by atoms with Gasteiger partial charge in [0, 0.05) is 0 Å². The third-order valence-electron chi connectivity index (χ3n) is 1.62. The van der Waals surface area contributed by atoms with Gasteiger partial charge in [-0.05, 0) is 24.6 Å². The minimum Gasteiger partial charge on any atom is -0.458 e. The van der Waals surface area contributed by atoms with Crippen molar-refractivity contribution in [2.75, 3.05) is 6.61 Å². The van der Waals surface area contributed by atoms with Gasteiger partial charge in [0.2, 0.25) is 0 Å². The van der Waals surface area contributed by atoms with E-state index in [0.29, 0.717) is 0 Å². The molecule has 0 saturated heterocycles. The van der Waals surface area contributed by atoms with Gasteiger partial charge in [-0.1, -0.05) is 35.8 Å². The quantitative estimate of drug-likeness (QED) is 0.599. The molecule has 1 rings (SSSR count). The van der Waals surface area contributed by atoms with Crippen molar-refractivity contribution in [3.63, 3.8) is 0 Å². The number of hydrogen-bond donors (Lipinski definition) is 0. The third-order valence-corrected chi connectivity index (χ3v) is 2.25. The van der Waals surface area contributed by atoms with Crippen LogP contribution in [0, 0.1) is 0 Å². The van der Waals surface area contributed by atoms with Gasteiger partial charge in [0.05, 0.1) is 15.6 Å². The first-order valence-corrected chi connectivity index (χ1v) is 5.03. The van der Waals surface area contributed by atoms with Crippen molar-refractivity contribution in [3.05, 3.63) is 46.0 Å². The SMILES string of the molecule is C=C(C)COC(=O)c1c(Cl)cccc1Cl. The van der Waals surface area contributed by atoms with Gasteiger partial charge in [0.1, 0.15) is 6.61 Å². The smallest absolute Gasteiger partial charge is 0.341 e. The van der Waals surface area contributed by atoms with Crippen LogP contribution in [0.25, 0.3) is 0 Å². The van der Waals surface area contributed by atoms with E-state index in [-0.39, 0.29) is 22.2 Å². The molecular formula is C11H10Cl2O2. The summed E-state index contributed by atoms with van der Waals surface area (Å²) in [5.74, 6) is -0.534. The van der Waals surface area contributed by atoms with Crippen LogP contribution in [-0.2, 0) is 4.74 Å². The maximum Gasteiger partial charge on any atom is 0.341 e. The minimum absolute atomic E-state index is 0.167. The zero-order chi connectivity index (χ0) is 11.4. The Morgan fingerprint density at radius 3 is 2.40 bits per heavy atom. The number of hydrogen-bond acceptors (Lipinski definition) is 2. The summed E-state index contributed by atoms with van der Waals surface area (Å²) >= 11 is 11.7. The zero-order valence-electron chi connectivity index (χ0n) is 8.22. The van der Waals surface area contributed by atoms with Crippen LogP contribution in [0.15, 0.2) is 30.4 Å². The number of ether oxygens (including phenoxy) is 1. The summed E-state index contributed by atoms with van der Waals surface area (Å²) in [5, 5.41) is 0.573. The van der Waals surface area contributed by atoms with E-state index in [4.69, 9.17) is 27.9 Å². The van der Waals surface area contributed by atoms with E-state index in [9.17, 15) is 4.79 Å². The molecule has 0 saturated carbocycles. The van der Waals surface area contributed by atoms with Crippen LogP contribution in [0.4, 0.5) is 0 Å². The Kier molecular flexibility index (Phi) is 4.18. The molecule has 0 N–H and O–H groups in total. The summed E-state index contributed by atoms with van der Waals surface area (Å²) in [7, 11) is 0. The maximum absolute atomic E-state index is 11.6. The second kappa shape index (κ2) is 5.19. The predicted octanol–water partition coefficient (Wildman–Crippen LogP) is 3.73. The van der Waals surface area contributed by atoms with Crippen molar-refractivity contribution in [3.8, 4) is 0 Å². The summed E-state index contributed by atoms with van der Waals surface area (Å²) in [6.45, 7) is 5.55. The van der Waals surface area contributed by atoms with Gasteiger partial charge in [0.15, 0.2) is 0 Å². The van der Waals surface area contributed by atoms with Gasteiger partial charge in [-0.2, -0.15) is 0 Å². The molecular weight excluding hydrogens is 235 g/mol. The molecule has 0 aromatic heterocycles. The van der Waals surface area contributed by atoms with Crippen molar-refractivity contribution in [2.45, 2.75) is 6.92 Å². The number of halogens is 2. The zero-order valence-corrected chi connectivity index (χ0v) is 9.73. The van der Waals surface area contributed by atoms with E-state index in [1.54, 1.807) is 25.1 Å². The molecule has 0 aliphatic heterocycles. The molecule has 4 heteroatoms. The molecule has 1 aromatic rings. The summed E-state index contributed by atoms with van der Waals surface area (Å²) < 4.78 is 4.94. The lowest BCUT2D eigenvalue weighted by Crippen LogP contribution is -2.08. The topological polar surface area (TPSA) is 26.3 Å². The first kappa shape index (κ1) is 12.1. The van der Waals surface area contributed by atoms with Crippen LogP contribution in [0.5, 0.6) is 0 Å². The van der Waals surface area contributed by atoms with Crippen molar-refractivity contribution in [2.24, 2.45) is 0 Å². The molecule has 0 unspecified atom stereocenters. The van der Waals surface area contributed by atoms with Crippen LogP contribution in [0.1, 0.15) is 17.3 Å². The average molecular weight is 245 g/mol.